The van der Waals surface area contributed by atoms with E-state index < -0.39 is 0 Å². The minimum Gasteiger partial charge on any atom is -0.298 e. The highest BCUT2D eigenvalue weighted by Gasteiger charge is 2.11. The van der Waals surface area contributed by atoms with Crippen molar-refractivity contribution >= 4 is 33.1 Å². The van der Waals surface area contributed by atoms with Crippen LogP contribution in [0, 0.1) is 6.92 Å². The minimum atomic E-state index is 0.950. The van der Waals surface area contributed by atoms with Gasteiger partial charge in [-0.05, 0) is 30.7 Å². The molecular formula is C20H14N4S. The molecule has 0 atom stereocenters. The summed E-state index contributed by atoms with van der Waals surface area (Å²) in [6.07, 6.45) is 9.35. The van der Waals surface area contributed by atoms with Gasteiger partial charge in [-0.1, -0.05) is 18.2 Å². The molecule has 120 valence electrons. The molecule has 0 aliphatic rings. The summed E-state index contributed by atoms with van der Waals surface area (Å²) in [5, 5.41) is 3.39. The van der Waals surface area contributed by atoms with Crippen molar-refractivity contribution < 1.29 is 0 Å². The number of thiophene rings is 1. The fourth-order valence-corrected chi connectivity index (χ4v) is 4.24. The standard InChI is InChI=1S/C20H14N4S/c1-13-9-17(24-8-7-21-12-24)25-20(13)16-10-15-5-4-14-3-2-6-22-18(14)19(15)23-11-16/h2-12H,1H3. The first kappa shape index (κ1) is 14.3. The third-order valence-corrected chi connectivity index (χ3v) is 5.65. The van der Waals surface area contributed by atoms with Crippen LogP contribution in [0.5, 0.6) is 0 Å². The molecule has 0 radical (unpaired) electrons. The lowest BCUT2D eigenvalue weighted by Gasteiger charge is -2.05. The average Bonchev–Trinajstić information content (AvgIpc) is 3.30. The zero-order chi connectivity index (χ0) is 16.8. The second-order valence-corrected chi connectivity index (χ2v) is 7.03. The number of hydrogen-bond acceptors (Lipinski definition) is 4. The number of aryl methyl sites for hydroxylation is 1. The van der Waals surface area contributed by atoms with Crippen LogP contribution in [0.1, 0.15) is 5.56 Å². The van der Waals surface area contributed by atoms with Crippen molar-refractivity contribution in [1.29, 1.82) is 0 Å². The molecule has 0 fully saturated rings. The van der Waals surface area contributed by atoms with Crippen LogP contribution in [-0.2, 0) is 0 Å². The lowest BCUT2D eigenvalue weighted by atomic mass is 10.1. The molecule has 0 saturated carbocycles. The molecule has 0 aliphatic carbocycles. The van der Waals surface area contributed by atoms with Gasteiger partial charge in [-0.3, -0.25) is 14.5 Å². The summed E-state index contributed by atoms with van der Waals surface area (Å²) >= 11 is 1.75. The van der Waals surface area contributed by atoms with E-state index in [9.17, 15) is 0 Å². The number of fused-ring (bicyclic) bond motifs is 3. The molecule has 5 rings (SSSR count). The van der Waals surface area contributed by atoms with Gasteiger partial charge in [0.05, 0.1) is 17.4 Å². The first-order chi connectivity index (χ1) is 12.3. The van der Waals surface area contributed by atoms with Crippen molar-refractivity contribution in [3.05, 3.63) is 73.1 Å². The van der Waals surface area contributed by atoms with Crippen LogP contribution < -0.4 is 0 Å². The molecule has 0 aliphatic heterocycles. The van der Waals surface area contributed by atoms with Gasteiger partial charge in [-0.15, -0.1) is 11.3 Å². The summed E-state index contributed by atoms with van der Waals surface area (Å²) < 4.78 is 2.03. The Kier molecular flexibility index (Phi) is 3.15. The summed E-state index contributed by atoms with van der Waals surface area (Å²) in [7, 11) is 0. The van der Waals surface area contributed by atoms with Crippen molar-refractivity contribution in [2.75, 3.05) is 0 Å². The van der Waals surface area contributed by atoms with Gasteiger partial charge in [0.1, 0.15) is 5.00 Å². The highest BCUT2D eigenvalue weighted by Crippen LogP contribution is 2.35. The highest BCUT2D eigenvalue weighted by atomic mass is 32.1. The summed E-state index contributed by atoms with van der Waals surface area (Å²) in [5.41, 5.74) is 4.28. The van der Waals surface area contributed by atoms with Gasteiger partial charge < -0.3 is 0 Å². The zero-order valence-electron chi connectivity index (χ0n) is 13.5. The van der Waals surface area contributed by atoms with E-state index in [1.807, 2.05) is 35.6 Å². The molecule has 4 heterocycles. The molecule has 1 aromatic carbocycles. The van der Waals surface area contributed by atoms with Crippen LogP contribution in [0.2, 0.25) is 0 Å². The molecule has 5 aromatic rings. The normalized spacial score (nSPS) is 11.4. The topological polar surface area (TPSA) is 43.6 Å². The van der Waals surface area contributed by atoms with Gasteiger partial charge in [0.25, 0.3) is 0 Å². The maximum atomic E-state index is 4.72. The minimum absolute atomic E-state index is 0.950. The van der Waals surface area contributed by atoms with Crippen LogP contribution in [-0.4, -0.2) is 19.5 Å². The fraction of sp³-hybridized carbons (Fsp3) is 0.0500. The quantitative estimate of drug-likeness (QED) is 0.424. The number of pyridine rings is 2. The molecule has 0 spiro atoms. The van der Waals surface area contributed by atoms with E-state index in [4.69, 9.17) is 4.98 Å². The van der Waals surface area contributed by atoms with Crippen molar-refractivity contribution in [2.24, 2.45) is 0 Å². The number of imidazole rings is 1. The molecule has 0 unspecified atom stereocenters. The Morgan fingerprint density at radius 3 is 2.72 bits per heavy atom. The van der Waals surface area contributed by atoms with E-state index in [0.717, 1.165) is 32.4 Å². The summed E-state index contributed by atoms with van der Waals surface area (Å²) in [5.74, 6) is 0. The van der Waals surface area contributed by atoms with Crippen molar-refractivity contribution in [1.82, 2.24) is 19.5 Å². The van der Waals surface area contributed by atoms with E-state index >= 15 is 0 Å². The lowest BCUT2D eigenvalue weighted by molar-refractivity contribution is 1.08. The number of rotatable bonds is 2. The maximum Gasteiger partial charge on any atom is 0.101 e. The molecule has 4 nitrogen and oxygen atoms in total. The zero-order valence-corrected chi connectivity index (χ0v) is 14.4. The second-order valence-electron chi connectivity index (χ2n) is 6.00. The third kappa shape index (κ3) is 2.32. The Labute approximate surface area is 148 Å². The number of hydrogen-bond donors (Lipinski definition) is 0. The van der Waals surface area contributed by atoms with Gasteiger partial charge in [0, 0.05) is 46.0 Å². The SMILES string of the molecule is Cc1cc(-n2ccnc2)sc1-c1cnc2c(ccc3cccnc32)c1. The van der Waals surface area contributed by atoms with Crippen LogP contribution in [0.25, 0.3) is 37.2 Å². The first-order valence-electron chi connectivity index (χ1n) is 8.02. The maximum absolute atomic E-state index is 4.72. The summed E-state index contributed by atoms with van der Waals surface area (Å²) in [4.78, 5) is 14.6. The molecule has 0 saturated heterocycles. The second kappa shape index (κ2) is 5.50. The Morgan fingerprint density at radius 2 is 1.84 bits per heavy atom. The lowest BCUT2D eigenvalue weighted by Crippen LogP contribution is -1.86. The Hall–Kier alpha value is -3.05. The van der Waals surface area contributed by atoms with Crippen molar-refractivity contribution in [3.8, 4) is 15.4 Å². The number of benzene rings is 1. The molecule has 4 aromatic heterocycles. The fourth-order valence-electron chi connectivity index (χ4n) is 3.13. The predicted molar refractivity (Wildman–Crippen MR) is 102 cm³/mol. The van der Waals surface area contributed by atoms with E-state index in [0.29, 0.717) is 0 Å². The summed E-state index contributed by atoms with van der Waals surface area (Å²) in [6.45, 7) is 2.14. The largest absolute Gasteiger partial charge is 0.298 e. The molecule has 0 amide bonds. The average molecular weight is 342 g/mol. The summed E-state index contributed by atoms with van der Waals surface area (Å²) in [6, 6.07) is 12.6. The van der Waals surface area contributed by atoms with E-state index in [2.05, 4.69) is 47.2 Å². The van der Waals surface area contributed by atoms with Gasteiger partial charge >= 0.3 is 0 Å². The van der Waals surface area contributed by atoms with Crippen LogP contribution in [0.4, 0.5) is 0 Å². The molecule has 5 heteroatoms. The Morgan fingerprint density at radius 1 is 0.960 bits per heavy atom. The van der Waals surface area contributed by atoms with E-state index in [1.165, 1.54) is 10.4 Å². The van der Waals surface area contributed by atoms with Crippen LogP contribution >= 0.6 is 11.3 Å². The molecule has 0 N–H and O–H groups in total. The van der Waals surface area contributed by atoms with Crippen molar-refractivity contribution in [2.45, 2.75) is 6.92 Å². The van der Waals surface area contributed by atoms with Gasteiger partial charge in [0.2, 0.25) is 0 Å². The van der Waals surface area contributed by atoms with E-state index in [1.54, 1.807) is 17.5 Å². The van der Waals surface area contributed by atoms with Crippen LogP contribution in [0.15, 0.2) is 67.5 Å². The number of aromatic nitrogens is 4. The Balaban J connectivity index is 1.67. The van der Waals surface area contributed by atoms with Gasteiger partial charge in [0.15, 0.2) is 0 Å². The van der Waals surface area contributed by atoms with Crippen molar-refractivity contribution in [3.63, 3.8) is 0 Å². The number of nitrogens with zero attached hydrogens (tertiary/aromatic N) is 4. The van der Waals surface area contributed by atoms with Gasteiger partial charge in [-0.25, -0.2) is 4.98 Å². The van der Waals surface area contributed by atoms with Gasteiger partial charge in [-0.2, -0.15) is 0 Å². The molecule has 25 heavy (non-hydrogen) atoms. The highest BCUT2D eigenvalue weighted by molar-refractivity contribution is 7.18. The molecular weight excluding hydrogens is 328 g/mol. The molecule has 0 bridgehead atoms. The van der Waals surface area contributed by atoms with E-state index in [-0.39, 0.29) is 0 Å². The first-order valence-corrected chi connectivity index (χ1v) is 8.84. The predicted octanol–water partition coefficient (Wildman–Crippen LogP) is 5.01. The third-order valence-electron chi connectivity index (χ3n) is 4.35. The smallest absolute Gasteiger partial charge is 0.101 e. The monoisotopic (exact) mass is 342 g/mol. The van der Waals surface area contributed by atoms with Crippen LogP contribution in [0.3, 0.4) is 0 Å². The Bertz CT molecular complexity index is 1210.